The number of benzene rings is 2. The first-order valence-electron chi connectivity index (χ1n) is 9.74. The van der Waals surface area contributed by atoms with Gasteiger partial charge in [0, 0.05) is 23.0 Å². The van der Waals surface area contributed by atoms with Crippen molar-refractivity contribution in [1.82, 2.24) is 4.57 Å². The standard InChI is InChI=1S/C17H11BrF3NO.3C2H6/c1-22-15-8-12(18)6-7-13(15)14(9-16(22)23)10-2-4-11(5-3-10)17(19,20)21;3*1-2/h2-9H,1H3;3*1-2H3. The third kappa shape index (κ3) is 6.74. The zero-order valence-corrected chi connectivity index (χ0v) is 19.6. The molecule has 1 aromatic heterocycles. The summed E-state index contributed by atoms with van der Waals surface area (Å²) in [5.41, 5.74) is 0.969. The molecule has 0 aliphatic heterocycles. The molecule has 0 N–H and O–H groups in total. The van der Waals surface area contributed by atoms with E-state index < -0.39 is 11.7 Å². The van der Waals surface area contributed by atoms with Crippen molar-refractivity contribution in [3.8, 4) is 11.1 Å². The van der Waals surface area contributed by atoms with Crippen LogP contribution < -0.4 is 5.56 Å². The predicted octanol–water partition coefficient (Wildman–Crippen LogP) is 8.07. The molecule has 0 aliphatic rings. The number of rotatable bonds is 1. The minimum atomic E-state index is -4.38. The molecule has 2 nitrogen and oxygen atoms in total. The Morgan fingerprint density at radius 3 is 1.83 bits per heavy atom. The van der Waals surface area contributed by atoms with Crippen molar-refractivity contribution in [2.24, 2.45) is 7.05 Å². The Hall–Kier alpha value is -2.08. The monoisotopic (exact) mass is 471 g/mol. The average molecular weight is 472 g/mol. The summed E-state index contributed by atoms with van der Waals surface area (Å²) < 4.78 is 40.4. The zero-order valence-electron chi connectivity index (χ0n) is 18.0. The highest BCUT2D eigenvalue weighted by molar-refractivity contribution is 9.10. The Labute approximate surface area is 179 Å². The molecule has 0 atom stereocenters. The number of aromatic nitrogens is 1. The van der Waals surface area contributed by atoms with E-state index in [2.05, 4.69) is 15.9 Å². The molecule has 0 saturated carbocycles. The van der Waals surface area contributed by atoms with Gasteiger partial charge in [0.15, 0.2) is 0 Å². The van der Waals surface area contributed by atoms with Crippen molar-refractivity contribution < 1.29 is 13.2 Å². The Kier molecular flexibility index (Phi) is 11.6. The second kappa shape index (κ2) is 12.5. The molecule has 160 valence electrons. The van der Waals surface area contributed by atoms with Crippen molar-refractivity contribution in [2.75, 3.05) is 0 Å². The van der Waals surface area contributed by atoms with Crippen molar-refractivity contribution in [1.29, 1.82) is 0 Å². The SMILES string of the molecule is CC.CC.CC.Cn1c(=O)cc(-c2ccc(C(F)(F)F)cc2)c2ccc(Br)cc21. The maximum Gasteiger partial charge on any atom is 0.416 e. The van der Waals surface area contributed by atoms with Gasteiger partial charge >= 0.3 is 6.18 Å². The first-order valence-corrected chi connectivity index (χ1v) is 10.5. The molecule has 0 aliphatic carbocycles. The Morgan fingerprint density at radius 2 is 1.34 bits per heavy atom. The number of aryl methyl sites for hydroxylation is 1. The lowest BCUT2D eigenvalue weighted by atomic mass is 10.00. The van der Waals surface area contributed by atoms with Gasteiger partial charge in [-0.25, -0.2) is 0 Å². The van der Waals surface area contributed by atoms with E-state index >= 15 is 0 Å². The largest absolute Gasteiger partial charge is 0.416 e. The first-order chi connectivity index (χ1) is 13.8. The molecule has 2 aromatic carbocycles. The van der Waals surface area contributed by atoms with Crippen LogP contribution in [0.15, 0.2) is 57.8 Å². The van der Waals surface area contributed by atoms with Crippen LogP contribution in [-0.2, 0) is 13.2 Å². The summed E-state index contributed by atoms with van der Waals surface area (Å²) in [4.78, 5) is 12.1. The van der Waals surface area contributed by atoms with E-state index in [-0.39, 0.29) is 5.56 Å². The van der Waals surface area contributed by atoms with E-state index in [1.807, 2.05) is 59.7 Å². The number of hydrogen-bond donors (Lipinski definition) is 0. The summed E-state index contributed by atoms with van der Waals surface area (Å²) in [5.74, 6) is 0. The van der Waals surface area contributed by atoms with Crippen LogP contribution >= 0.6 is 15.9 Å². The van der Waals surface area contributed by atoms with Gasteiger partial charge in [-0.15, -0.1) is 0 Å². The van der Waals surface area contributed by atoms with Crippen molar-refractivity contribution in [3.63, 3.8) is 0 Å². The molecule has 0 radical (unpaired) electrons. The van der Waals surface area contributed by atoms with Gasteiger partial charge in [0.05, 0.1) is 11.1 Å². The topological polar surface area (TPSA) is 22.0 Å². The van der Waals surface area contributed by atoms with Crippen LogP contribution in [0.5, 0.6) is 0 Å². The van der Waals surface area contributed by atoms with Gasteiger partial charge in [0.25, 0.3) is 5.56 Å². The minimum absolute atomic E-state index is 0.217. The quantitative estimate of drug-likeness (QED) is 0.351. The number of hydrogen-bond acceptors (Lipinski definition) is 1. The van der Waals surface area contributed by atoms with Crippen LogP contribution in [0.3, 0.4) is 0 Å². The van der Waals surface area contributed by atoms with E-state index in [9.17, 15) is 18.0 Å². The van der Waals surface area contributed by atoms with Gasteiger partial charge in [-0.3, -0.25) is 4.79 Å². The molecule has 0 spiro atoms. The molecule has 0 bridgehead atoms. The molecule has 29 heavy (non-hydrogen) atoms. The minimum Gasteiger partial charge on any atom is -0.311 e. The molecule has 3 aromatic rings. The van der Waals surface area contributed by atoms with Crippen molar-refractivity contribution in [3.05, 3.63) is 68.9 Å². The molecule has 6 heteroatoms. The molecule has 0 fully saturated rings. The van der Waals surface area contributed by atoms with Crippen molar-refractivity contribution >= 4 is 26.8 Å². The fraction of sp³-hybridized carbons (Fsp3) is 0.348. The lowest BCUT2D eigenvalue weighted by Gasteiger charge is -2.12. The third-order valence-corrected chi connectivity index (χ3v) is 4.23. The number of halogens is 4. The van der Waals surface area contributed by atoms with Gasteiger partial charge < -0.3 is 4.57 Å². The van der Waals surface area contributed by atoms with Gasteiger partial charge in [-0.05, 0) is 35.4 Å². The summed E-state index contributed by atoms with van der Waals surface area (Å²) in [6.07, 6.45) is -4.38. The van der Waals surface area contributed by atoms with Crippen LogP contribution in [0.2, 0.25) is 0 Å². The van der Waals surface area contributed by atoms with E-state index in [0.717, 1.165) is 22.0 Å². The highest BCUT2D eigenvalue weighted by Gasteiger charge is 2.30. The second-order valence-electron chi connectivity index (χ2n) is 5.19. The maximum absolute atomic E-state index is 12.7. The summed E-state index contributed by atoms with van der Waals surface area (Å²) in [6, 6.07) is 11.8. The number of nitrogens with zero attached hydrogens (tertiary/aromatic N) is 1. The Morgan fingerprint density at radius 1 is 0.828 bits per heavy atom. The molecule has 3 rings (SSSR count). The molecule has 1 heterocycles. The van der Waals surface area contributed by atoms with Gasteiger partial charge in [0.1, 0.15) is 0 Å². The van der Waals surface area contributed by atoms with Gasteiger partial charge in [-0.2, -0.15) is 13.2 Å². The smallest absolute Gasteiger partial charge is 0.311 e. The van der Waals surface area contributed by atoms with Gasteiger partial charge in [-0.1, -0.05) is 75.7 Å². The summed E-state index contributed by atoms with van der Waals surface area (Å²) in [7, 11) is 1.66. The maximum atomic E-state index is 12.7. The molecule has 0 saturated heterocycles. The fourth-order valence-corrected chi connectivity index (χ4v) is 2.85. The van der Waals surface area contributed by atoms with Crippen molar-refractivity contribution in [2.45, 2.75) is 47.7 Å². The molecular weight excluding hydrogens is 443 g/mol. The number of fused-ring (bicyclic) bond motifs is 1. The third-order valence-electron chi connectivity index (χ3n) is 3.73. The van der Waals surface area contributed by atoms with E-state index in [1.165, 1.54) is 22.8 Å². The van der Waals surface area contributed by atoms with E-state index in [4.69, 9.17) is 0 Å². The zero-order chi connectivity index (χ0) is 22.8. The second-order valence-corrected chi connectivity index (χ2v) is 6.11. The predicted molar refractivity (Wildman–Crippen MR) is 121 cm³/mol. The van der Waals surface area contributed by atoms with Gasteiger partial charge in [0.2, 0.25) is 0 Å². The highest BCUT2D eigenvalue weighted by Crippen LogP contribution is 2.33. The molecule has 0 amide bonds. The lowest BCUT2D eigenvalue weighted by Crippen LogP contribution is -2.16. The highest BCUT2D eigenvalue weighted by atomic mass is 79.9. The summed E-state index contributed by atoms with van der Waals surface area (Å²) in [5, 5.41) is 0.801. The Balaban J connectivity index is 0.00000120. The van der Waals surface area contributed by atoms with E-state index in [0.29, 0.717) is 16.6 Å². The lowest BCUT2D eigenvalue weighted by molar-refractivity contribution is -0.137. The first kappa shape index (κ1) is 26.9. The summed E-state index contributed by atoms with van der Waals surface area (Å²) in [6.45, 7) is 12.0. The number of alkyl halides is 3. The molecular formula is C23H29BrF3NO. The normalized spacial score (nSPS) is 10.0. The van der Waals surface area contributed by atoms with Crippen LogP contribution in [0, 0.1) is 0 Å². The van der Waals surface area contributed by atoms with Crippen LogP contribution in [0.1, 0.15) is 47.1 Å². The molecule has 0 unspecified atom stereocenters. The van der Waals surface area contributed by atoms with Crippen LogP contribution in [0.25, 0.3) is 22.0 Å². The number of pyridine rings is 1. The summed E-state index contributed by atoms with van der Waals surface area (Å²) >= 11 is 3.36. The van der Waals surface area contributed by atoms with E-state index in [1.54, 1.807) is 7.05 Å². The average Bonchev–Trinajstić information content (AvgIpc) is 2.74. The fourth-order valence-electron chi connectivity index (χ4n) is 2.50. The van der Waals surface area contributed by atoms with Crippen LogP contribution in [-0.4, -0.2) is 4.57 Å². The van der Waals surface area contributed by atoms with Crippen LogP contribution in [0.4, 0.5) is 13.2 Å². The Bertz CT molecular complexity index is 945.